The Morgan fingerprint density at radius 3 is 2.90 bits per heavy atom. The molecular weight excluding hydrogens is 320 g/mol. The fourth-order valence-electron chi connectivity index (χ4n) is 2.02. The second kappa shape index (κ2) is 7.06. The topological polar surface area (TPSA) is 70.1 Å². The molecule has 0 aliphatic rings. The smallest absolute Gasteiger partial charge is 0.243 e. The third-order valence-electron chi connectivity index (χ3n) is 2.89. The van der Waals surface area contributed by atoms with Gasteiger partial charge in [-0.1, -0.05) is 11.6 Å². The quantitative estimate of drug-likeness (QED) is 0.623. The van der Waals surface area contributed by atoms with Crippen molar-refractivity contribution in [2.75, 3.05) is 19.1 Å². The number of carbonyl (C=O) groups is 1. The first kappa shape index (κ1) is 16.0. The van der Waals surface area contributed by atoms with E-state index >= 15 is 0 Å². The van der Waals surface area contributed by atoms with Crippen LogP contribution in [0.1, 0.15) is 5.82 Å². The van der Waals surface area contributed by atoms with Crippen LogP contribution in [-0.2, 0) is 22.5 Å². The van der Waals surface area contributed by atoms with Crippen LogP contribution in [0.2, 0.25) is 5.02 Å². The monoisotopic (exact) mass is 333 g/mol. The normalized spacial score (nSPS) is 11.2. The zero-order valence-corrected chi connectivity index (χ0v) is 12.6. The molecule has 0 fully saturated rings. The summed E-state index contributed by atoms with van der Waals surface area (Å²) in [5.41, 5.74) is 6.20. The Morgan fingerprint density at radius 2 is 2.24 bits per heavy atom. The maximum Gasteiger partial charge on any atom is 0.243 e. The van der Waals surface area contributed by atoms with Crippen molar-refractivity contribution in [1.82, 2.24) is 9.55 Å². The van der Waals surface area contributed by atoms with Gasteiger partial charge in [-0.2, -0.15) is 0 Å². The summed E-state index contributed by atoms with van der Waals surface area (Å²) in [5.74, 6) is 0.0546. The first-order chi connectivity index (χ1) is 10.0. The highest BCUT2D eigenvalue weighted by molar-refractivity contribution is 6.31. The van der Waals surface area contributed by atoms with Gasteiger partial charge in [0.2, 0.25) is 5.91 Å². The molecule has 5 nitrogen and oxygen atoms in total. The molecule has 0 spiro atoms. The maximum atomic E-state index is 13.5. The highest BCUT2D eigenvalue weighted by atomic mass is 35.5. The summed E-state index contributed by atoms with van der Waals surface area (Å²) in [6.07, 6.45) is 0.533. The van der Waals surface area contributed by atoms with E-state index in [-0.39, 0.29) is 18.2 Å². The van der Waals surface area contributed by atoms with Gasteiger partial charge in [0.25, 0.3) is 0 Å². The number of carbonyl (C=O) groups excluding carboxylic acids is 1. The summed E-state index contributed by atoms with van der Waals surface area (Å²) >= 11 is 11.6. The largest absolute Gasteiger partial charge is 0.370 e. The Hall–Kier alpha value is -1.37. The number of ether oxygens (including phenoxy) is 1. The Bertz CT molecular complexity index is 660. The summed E-state index contributed by atoms with van der Waals surface area (Å²) in [4.78, 5) is 15.0. The lowest BCUT2D eigenvalue weighted by atomic mass is 10.3. The van der Waals surface area contributed by atoms with E-state index in [2.05, 4.69) is 4.98 Å². The van der Waals surface area contributed by atoms with Crippen molar-refractivity contribution in [2.45, 2.75) is 13.0 Å². The van der Waals surface area contributed by atoms with Gasteiger partial charge in [0.15, 0.2) is 0 Å². The summed E-state index contributed by atoms with van der Waals surface area (Å²) in [7, 11) is 0. The molecule has 0 saturated heterocycles. The zero-order valence-electron chi connectivity index (χ0n) is 11.1. The second-order valence-corrected chi connectivity index (χ2v) is 5.18. The molecule has 1 heterocycles. The Labute approximate surface area is 130 Å². The highest BCUT2D eigenvalue weighted by Gasteiger charge is 2.13. The van der Waals surface area contributed by atoms with Gasteiger partial charge < -0.3 is 15.0 Å². The molecule has 1 amide bonds. The number of hydrogen-bond donors (Lipinski definition) is 1. The van der Waals surface area contributed by atoms with Crippen LogP contribution in [0.4, 0.5) is 4.39 Å². The molecular formula is C13H14Cl2FN3O2. The molecule has 0 bridgehead atoms. The zero-order chi connectivity index (χ0) is 15.4. The lowest BCUT2D eigenvalue weighted by Gasteiger charge is -2.09. The van der Waals surface area contributed by atoms with Crippen molar-refractivity contribution in [1.29, 1.82) is 0 Å². The minimum atomic E-state index is -0.531. The molecule has 2 rings (SSSR count). The molecule has 0 saturated carbocycles. The van der Waals surface area contributed by atoms with Crippen LogP contribution in [-0.4, -0.2) is 34.6 Å². The van der Waals surface area contributed by atoms with Crippen molar-refractivity contribution < 1.29 is 13.9 Å². The number of aromatic nitrogens is 2. The van der Waals surface area contributed by atoms with Gasteiger partial charge in [0.05, 0.1) is 22.7 Å². The number of alkyl halides is 1. The molecule has 0 atom stereocenters. The Balaban J connectivity index is 2.27. The highest BCUT2D eigenvalue weighted by Crippen LogP contribution is 2.24. The molecule has 21 heavy (non-hydrogen) atoms. The third-order valence-corrected chi connectivity index (χ3v) is 3.37. The number of rotatable bonds is 7. The number of primary amides is 1. The van der Waals surface area contributed by atoms with Crippen LogP contribution in [0.15, 0.2) is 12.1 Å². The number of amides is 1. The molecule has 0 aliphatic heterocycles. The number of halogens is 3. The number of imidazole rings is 1. The van der Waals surface area contributed by atoms with Crippen molar-refractivity contribution in [2.24, 2.45) is 5.73 Å². The number of hydrogen-bond acceptors (Lipinski definition) is 3. The van der Waals surface area contributed by atoms with Gasteiger partial charge >= 0.3 is 0 Å². The molecule has 2 aromatic rings. The lowest BCUT2D eigenvalue weighted by Crippen LogP contribution is -2.20. The third kappa shape index (κ3) is 3.84. The lowest BCUT2D eigenvalue weighted by molar-refractivity contribution is -0.122. The predicted octanol–water partition coefficient (Wildman–Crippen LogP) is 2.11. The van der Waals surface area contributed by atoms with Gasteiger partial charge in [-0.15, -0.1) is 11.6 Å². The van der Waals surface area contributed by atoms with Gasteiger partial charge in [0, 0.05) is 24.9 Å². The van der Waals surface area contributed by atoms with Crippen molar-refractivity contribution in [3.8, 4) is 0 Å². The molecule has 2 N–H and O–H groups in total. The van der Waals surface area contributed by atoms with E-state index in [1.807, 2.05) is 4.57 Å². The SMILES string of the molecule is NC(=O)COCCn1c(CCCl)nc2cc(F)c(Cl)cc21. The van der Waals surface area contributed by atoms with Crippen LogP contribution in [0, 0.1) is 5.82 Å². The van der Waals surface area contributed by atoms with E-state index in [9.17, 15) is 9.18 Å². The van der Waals surface area contributed by atoms with Gasteiger partial charge in [-0.3, -0.25) is 4.79 Å². The number of nitrogens with zero attached hydrogens (tertiary/aromatic N) is 2. The minimum Gasteiger partial charge on any atom is -0.370 e. The van der Waals surface area contributed by atoms with Crippen LogP contribution >= 0.6 is 23.2 Å². The fraction of sp³-hybridized carbons (Fsp3) is 0.385. The molecule has 1 aromatic carbocycles. The molecule has 0 unspecified atom stereocenters. The minimum absolute atomic E-state index is 0.0270. The van der Waals surface area contributed by atoms with E-state index in [4.69, 9.17) is 33.7 Å². The summed E-state index contributed by atoms with van der Waals surface area (Å²) in [6, 6.07) is 2.81. The van der Waals surface area contributed by atoms with Gasteiger partial charge in [0.1, 0.15) is 18.2 Å². The fourth-order valence-corrected chi connectivity index (χ4v) is 2.35. The van der Waals surface area contributed by atoms with Crippen LogP contribution in [0.5, 0.6) is 0 Å². The number of benzene rings is 1. The molecule has 8 heteroatoms. The molecule has 1 aromatic heterocycles. The van der Waals surface area contributed by atoms with Crippen molar-refractivity contribution in [3.63, 3.8) is 0 Å². The number of aryl methyl sites for hydroxylation is 1. The van der Waals surface area contributed by atoms with E-state index < -0.39 is 11.7 Å². The first-order valence-corrected chi connectivity index (χ1v) is 7.20. The summed E-state index contributed by atoms with van der Waals surface area (Å²) in [5, 5.41) is 0.0270. The van der Waals surface area contributed by atoms with Crippen LogP contribution < -0.4 is 5.73 Å². The van der Waals surface area contributed by atoms with Crippen LogP contribution in [0.3, 0.4) is 0 Å². The van der Waals surface area contributed by atoms with Gasteiger partial charge in [-0.25, -0.2) is 9.37 Å². The van der Waals surface area contributed by atoms with Gasteiger partial charge in [-0.05, 0) is 6.07 Å². The predicted molar refractivity (Wildman–Crippen MR) is 79.1 cm³/mol. The Kier molecular flexibility index (Phi) is 5.39. The Morgan fingerprint density at radius 1 is 1.48 bits per heavy atom. The number of fused-ring (bicyclic) bond motifs is 1. The summed E-state index contributed by atoms with van der Waals surface area (Å²) in [6.45, 7) is 0.573. The second-order valence-electron chi connectivity index (χ2n) is 4.39. The van der Waals surface area contributed by atoms with Crippen LogP contribution in [0.25, 0.3) is 11.0 Å². The van der Waals surface area contributed by atoms with E-state index in [1.54, 1.807) is 0 Å². The molecule has 0 aliphatic carbocycles. The number of nitrogens with two attached hydrogens (primary N) is 1. The summed E-state index contributed by atoms with van der Waals surface area (Å²) < 4.78 is 20.5. The molecule has 114 valence electrons. The average Bonchev–Trinajstić information content (AvgIpc) is 2.73. The van der Waals surface area contributed by atoms with E-state index in [0.717, 1.165) is 0 Å². The molecule has 0 radical (unpaired) electrons. The van der Waals surface area contributed by atoms with Crippen molar-refractivity contribution in [3.05, 3.63) is 28.8 Å². The van der Waals surface area contributed by atoms with E-state index in [0.29, 0.717) is 35.7 Å². The van der Waals surface area contributed by atoms with Crippen molar-refractivity contribution >= 4 is 40.1 Å². The maximum absolute atomic E-state index is 13.5. The average molecular weight is 334 g/mol. The van der Waals surface area contributed by atoms with E-state index in [1.165, 1.54) is 12.1 Å². The first-order valence-electron chi connectivity index (χ1n) is 6.29. The standard InChI is InChI=1S/C13H14Cl2FN3O2/c14-2-1-13-18-10-6-9(16)8(15)5-11(10)19(13)3-4-21-7-12(17)20/h5-6H,1-4,7H2,(H2,17,20).